The van der Waals surface area contributed by atoms with E-state index in [-0.39, 0.29) is 0 Å². The molecule has 0 amide bonds. The van der Waals surface area contributed by atoms with Crippen molar-refractivity contribution in [1.29, 1.82) is 0 Å². The zero-order valence-corrected chi connectivity index (χ0v) is 6.35. The van der Waals surface area contributed by atoms with Crippen LogP contribution in [0.3, 0.4) is 0 Å². The minimum absolute atomic E-state index is 0.525. The predicted molar refractivity (Wildman–Crippen MR) is 30.6 cm³/mol. The van der Waals surface area contributed by atoms with Gasteiger partial charge in [0, 0.05) is 0 Å². The predicted octanol–water partition coefficient (Wildman–Crippen LogP) is 0.531. The molecular formula is C5H7AuB. The Morgan fingerprint density at radius 1 is 1.29 bits per heavy atom. The monoisotopic (exact) mass is 275 g/mol. The van der Waals surface area contributed by atoms with Crippen molar-refractivity contribution in [2.45, 2.75) is 4.14 Å². The molecular weight excluding hydrogens is 268 g/mol. The summed E-state index contributed by atoms with van der Waals surface area (Å²) in [6.45, 7) is 0. The number of hydrogen-bond donors (Lipinski definition) is 0. The van der Waals surface area contributed by atoms with E-state index >= 15 is 0 Å². The first-order valence-corrected chi connectivity index (χ1v) is 5.56. The third kappa shape index (κ3) is 1.34. The van der Waals surface area contributed by atoms with Crippen LogP contribution in [0.15, 0.2) is 24.3 Å². The number of rotatable bonds is 1. The van der Waals surface area contributed by atoms with E-state index in [0.29, 0.717) is 19.5 Å². The molecule has 0 aromatic carbocycles. The summed E-state index contributed by atoms with van der Waals surface area (Å²) >= 11 is 0.525. The van der Waals surface area contributed by atoms with E-state index in [9.17, 15) is 0 Å². The Balaban J connectivity index is 2.44. The van der Waals surface area contributed by atoms with Gasteiger partial charge < -0.3 is 0 Å². The summed E-state index contributed by atoms with van der Waals surface area (Å²) in [6.07, 6.45) is 8.79. The second-order valence-corrected chi connectivity index (χ2v) is 4.03. The van der Waals surface area contributed by atoms with Gasteiger partial charge in [0.15, 0.2) is 0 Å². The van der Waals surface area contributed by atoms with Crippen LogP contribution < -0.4 is 0 Å². The molecule has 1 rings (SSSR count). The van der Waals surface area contributed by atoms with Gasteiger partial charge in [0.25, 0.3) is 0 Å². The molecule has 0 saturated heterocycles. The van der Waals surface area contributed by atoms with E-state index < -0.39 is 0 Å². The van der Waals surface area contributed by atoms with Gasteiger partial charge in [-0.05, 0) is 0 Å². The van der Waals surface area contributed by atoms with Gasteiger partial charge in [-0.3, -0.25) is 0 Å². The Kier molecular flexibility index (Phi) is 1.98. The van der Waals surface area contributed by atoms with Crippen LogP contribution in [0.25, 0.3) is 0 Å². The first kappa shape index (κ1) is 5.42. The second kappa shape index (κ2) is 2.56. The van der Waals surface area contributed by atoms with Gasteiger partial charge >= 0.3 is 53.9 Å². The molecule has 0 aromatic heterocycles. The third-order valence-corrected chi connectivity index (χ3v) is 3.15. The van der Waals surface area contributed by atoms with Crippen molar-refractivity contribution in [3.63, 3.8) is 0 Å². The van der Waals surface area contributed by atoms with Gasteiger partial charge in [-0.25, -0.2) is 0 Å². The van der Waals surface area contributed by atoms with Crippen molar-refractivity contribution in [2.75, 3.05) is 0 Å². The molecule has 0 atom stereocenters. The molecule has 0 heterocycles. The summed E-state index contributed by atoms with van der Waals surface area (Å²) < 4.78 is 0.833. The van der Waals surface area contributed by atoms with Crippen molar-refractivity contribution in [2.24, 2.45) is 0 Å². The molecule has 0 aromatic rings. The summed E-state index contributed by atoms with van der Waals surface area (Å²) in [5, 5.41) is 0. The zero-order valence-electron chi connectivity index (χ0n) is 4.19. The van der Waals surface area contributed by atoms with Gasteiger partial charge in [-0.2, -0.15) is 0 Å². The Bertz CT molecular complexity index is 94.6. The Labute approximate surface area is 54.2 Å². The van der Waals surface area contributed by atoms with E-state index in [0.717, 1.165) is 4.14 Å². The number of hydrogen-bond acceptors (Lipinski definition) is 0. The van der Waals surface area contributed by atoms with Crippen molar-refractivity contribution in [1.82, 2.24) is 0 Å². The molecule has 0 fully saturated rings. The average Bonchev–Trinajstić information content (AvgIpc) is 2.14. The minimum atomic E-state index is 0.525. The molecule has 2 heteroatoms. The third-order valence-electron chi connectivity index (χ3n) is 0.873. The second-order valence-electron chi connectivity index (χ2n) is 1.34. The van der Waals surface area contributed by atoms with E-state index in [1.54, 1.807) is 0 Å². The van der Waals surface area contributed by atoms with Gasteiger partial charge in [0.2, 0.25) is 0 Å². The van der Waals surface area contributed by atoms with Crippen molar-refractivity contribution in [3.05, 3.63) is 24.3 Å². The van der Waals surface area contributed by atoms with Crippen molar-refractivity contribution < 1.29 is 19.5 Å². The Hall–Kier alpha value is 0.285. The molecule has 1 aliphatic carbocycles. The normalized spacial score (nSPS) is 19.4. The molecule has 41 valence electrons. The fourth-order valence-electron chi connectivity index (χ4n) is 0.504. The van der Waals surface area contributed by atoms with Gasteiger partial charge in [0.1, 0.15) is 0 Å². The molecule has 0 bridgehead atoms. The molecule has 7 heavy (non-hydrogen) atoms. The van der Waals surface area contributed by atoms with Crippen molar-refractivity contribution in [3.8, 4) is 0 Å². The molecule has 0 spiro atoms. The molecule has 0 nitrogen and oxygen atoms in total. The van der Waals surface area contributed by atoms with Gasteiger partial charge in [0.05, 0.1) is 0 Å². The summed E-state index contributed by atoms with van der Waals surface area (Å²) in [4.78, 5) is 0. The Morgan fingerprint density at radius 2 is 1.86 bits per heavy atom. The van der Waals surface area contributed by atoms with Crippen LogP contribution in [0.1, 0.15) is 0 Å². The van der Waals surface area contributed by atoms with E-state index in [1.807, 2.05) is 0 Å². The van der Waals surface area contributed by atoms with E-state index in [1.165, 1.54) is 0 Å². The zero-order chi connectivity index (χ0) is 5.11. The van der Waals surface area contributed by atoms with Crippen LogP contribution in [-0.4, -0.2) is 5.93 Å². The van der Waals surface area contributed by atoms with Crippen LogP contribution in [-0.2, 0) is 19.5 Å². The standard InChI is InChI=1S/C5H5.Au.BH2/c1-2-4-5-3-1;;/h1-5H;;1H2/q;-1;+1. The first-order valence-electron chi connectivity index (χ1n) is 2.14. The molecule has 0 N–H and O–H groups in total. The summed E-state index contributed by atoms with van der Waals surface area (Å²) in [7, 11) is 0. The maximum absolute atomic E-state index is 2.30. The molecule has 1 aliphatic rings. The first-order chi connectivity index (χ1) is 3.43. The molecule has 0 radical (unpaired) electrons. The van der Waals surface area contributed by atoms with Crippen LogP contribution in [0.4, 0.5) is 0 Å². The quantitative estimate of drug-likeness (QED) is 0.612. The van der Waals surface area contributed by atoms with Crippen molar-refractivity contribution >= 4 is 5.93 Å². The van der Waals surface area contributed by atoms with Crippen LogP contribution in [0.2, 0.25) is 4.14 Å². The van der Waals surface area contributed by atoms with Crippen LogP contribution in [0.5, 0.6) is 0 Å². The molecule has 0 saturated carbocycles. The van der Waals surface area contributed by atoms with Gasteiger partial charge in [-0.1, -0.05) is 0 Å². The van der Waals surface area contributed by atoms with Gasteiger partial charge in [-0.15, -0.1) is 0 Å². The van der Waals surface area contributed by atoms with Crippen LogP contribution in [0, 0.1) is 0 Å². The number of allylic oxidation sites excluding steroid dienone is 4. The fraction of sp³-hybridized carbons (Fsp3) is 0.200. The fourth-order valence-corrected chi connectivity index (χ4v) is 1.82. The summed E-state index contributed by atoms with van der Waals surface area (Å²) in [5.41, 5.74) is 0. The summed E-state index contributed by atoms with van der Waals surface area (Å²) in [6, 6.07) is 0. The Morgan fingerprint density at radius 3 is 2.14 bits per heavy atom. The SMILES string of the molecule is [BH2][Au][CH]1C=CC=C1. The van der Waals surface area contributed by atoms with E-state index in [2.05, 4.69) is 30.2 Å². The van der Waals surface area contributed by atoms with Crippen LogP contribution >= 0.6 is 0 Å². The average molecular weight is 275 g/mol. The van der Waals surface area contributed by atoms with E-state index in [4.69, 9.17) is 0 Å². The topological polar surface area (TPSA) is 0 Å². The molecule has 0 unspecified atom stereocenters. The summed E-state index contributed by atoms with van der Waals surface area (Å²) in [5.74, 6) is 2.30. The molecule has 0 aliphatic heterocycles. The maximum atomic E-state index is 2.30.